The first-order valence-corrected chi connectivity index (χ1v) is 12.8. The summed E-state index contributed by atoms with van der Waals surface area (Å²) < 4.78 is 0. The van der Waals surface area contributed by atoms with Crippen molar-refractivity contribution in [3.63, 3.8) is 0 Å². The van der Waals surface area contributed by atoms with Gasteiger partial charge in [-0.25, -0.2) is 0 Å². The van der Waals surface area contributed by atoms with Crippen molar-refractivity contribution in [3.8, 4) is 0 Å². The van der Waals surface area contributed by atoms with Crippen molar-refractivity contribution in [1.29, 1.82) is 0 Å². The van der Waals surface area contributed by atoms with E-state index < -0.39 is 0 Å². The lowest BCUT2D eigenvalue weighted by atomic mass is 9.47. The molecule has 5 rings (SSSR count). The second kappa shape index (κ2) is 6.83. The topological polar surface area (TPSA) is 42.2 Å². The van der Waals surface area contributed by atoms with E-state index in [-0.39, 0.29) is 6.10 Å². The van der Waals surface area contributed by atoms with Crippen molar-refractivity contribution in [2.75, 3.05) is 0 Å². The van der Waals surface area contributed by atoms with Gasteiger partial charge in [-0.05, 0) is 118 Å². The van der Waals surface area contributed by atoms with Crippen LogP contribution in [0.2, 0.25) is 0 Å². The lowest BCUT2D eigenvalue weighted by Crippen LogP contribution is -2.50. The largest absolute Gasteiger partial charge is 0.393 e. The van der Waals surface area contributed by atoms with Crippen LogP contribution >= 0.6 is 0 Å². The van der Waals surface area contributed by atoms with Crippen molar-refractivity contribution in [2.24, 2.45) is 40.4 Å². The molecule has 0 aromatic rings. The molecule has 1 heterocycles. The van der Waals surface area contributed by atoms with Gasteiger partial charge in [-0.2, -0.15) is 0 Å². The molecular formula is C27H45NO. The molecule has 2 nitrogen and oxygen atoms in total. The second-order valence-electron chi connectivity index (χ2n) is 12.9. The number of rotatable bonds is 4. The van der Waals surface area contributed by atoms with Crippen LogP contribution in [0.1, 0.15) is 98.8 Å². The molecule has 29 heavy (non-hydrogen) atoms. The van der Waals surface area contributed by atoms with Gasteiger partial charge in [-0.1, -0.05) is 32.4 Å². The van der Waals surface area contributed by atoms with E-state index in [1.807, 2.05) is 0 Å². The lowest BCUT2D eigenvalue weighted by molar-refractivity contribution is -0.0572. The summed E-state index contributed by atoms with van der Waals surface area (Å²) in [5, 5.41) is 13.9. The van der Waals surface area contributed by atoms with E-state index in [0.717, 1.165) is 48.5 Å². The van der Waals surface area contributed by atoms with Crippen LogP contribution in [0.5, 0.6) is 0 Å². The molecule has 2 heteroatoms. The highest BCUT2D eigenvalue weighted by atomic mass is 16.3. The summed E-state index contributed by atoms with van der Waals surface area (Å²) in [5.41, 5.74) is 2.97. The smallest absolute Gasteiger partial charge is 0.0577 e. The number of aliphatic hydroxyl groups excluding tert-OH is 1. The van der Waals surface area contributed by atoms with Gasteiger partial charge in [0.05, 0.1) is 6.10 Å². The van der Waals surface area contributed by atoms with Crippen LogP contribution in [0.25, 0.3) is 0 Å². The minimum atomic E-state index is -0.0811. The minimum Gasteiger partial charge on any atom is -0.393 e. The maximum atomic E-state index is 10.2. The number of hydrogen-bond acceptors (Lipinski definition) is 2. The molecule has 3 saturated carbocycles. The van der Waals surface area contributed by atoms with Gasteiger partial charge in [0, 0.05) is 11.6 Å². The molecule has 0 spiro atoms. The van der Waals surface area contributed by atoms with E-state index in [4.69, 9.17) is 0 Å². The Labute approximate surface area is 179 Å². The van der Waals surface area contributed by atoms with E-state index in [1.54, 1.807) is 5.57 Å². The average molecular weight is 400 g/mol. The first-order valence-electron chi connectivity index (χ1n) is 12.8. The summed E-state index contributed by atoms with van der Waals surface area (Å²) in [4.78, 5) is 0. The molecular weight excluding hydrogens is 354 g/mol. The van der Waals surface area contributed by atoms with Gasteiger partial charge in [-0.3, -0.25) is 0 Å². The first kappa shape index (κ1) is 20.6. The normalized spacial score (nSPS) is 51.4. The van der Waals surface area contributed by atoms with Gasteiger partial charge in [-0.15, -0.1) is 0 Å². The fraction of sp³-hybridized carbons (Fsp3) is 0.926. The van der Waals surface area contributed by atoms with Gasteiger partial charge in [0.25, 0.3) is 0 Å². The lowest BCUT2D eigenvalue weighted by Gasteiger charge is -2.58. The summed E-state index contributed by atoms with van der Waals surface area (Å²) in [6.07, 6.45) is 15.6. The monoisotopic (exact) mass is 399 g/mol. The van der Waals surface area contributed by atoms with Crippen molar-refractivity contribution < 1.29 is 5.11 Å². The first-order chi connectivity index (χ1) is 13.6. The molecule has 0 bridgehead atoms. The number of allylic oxidation sites excluding steroid dienone is 1. The number of hydrogen-bond donors (Lipinski definition) is 2. The fourth-order valence-electron chi connectivity index (χ4n) is 9.09. The standard InChI is InChI=1S/C27H45NO/c1-17(6-11-24-25(2,3)28-24)21-9-10-22-20-8-7-18-16-19(29)12-14-26(18,4)23(20)13-15-27(21,22)5/h7,17,19-24,28-29H,6,8-16H2,1-5H3/t17-,19?,20+,21-,22+,23+,24+,26+,27-/m1/s1. The SMILES string of the molecule is C[C@H](CC[C@@H]1NC1(C)C)[C@H]1CC[C@H]2[C@@H]3CC=C4CC(O)CC[C@]4(C)[C@H]3CC[C@]12C. The maximum absolute atomic E-state index is 10.2. The zero-order valence-electron chi connectivity index (χ0n) is 19.6. The predicted molar refractivity (Wildman–Crippen MR) is 121 cm³/mol. The van der Waals surface area contributed by atoms with E-state index >= 15 is 0 Å². The van der Waals surface area contributed by atoms with Crippen LogP contribution in [-0.2, 0) is 0 Å². The van der Waals surface area contributed by atoms with Crippen LogP contribution in [0.3, 0.4) is 0 Å². The molecule has 4 aliphatic carbocycles. The van der Waals surface area contributed by atoms with Crippen molar-refractivity contribution in [1.82, 2.24) is 5.32 Å². The Morgan fingerprint density at radius 1 is 1.07 bits per heavy atom. The van der Waals surface area contributed by atoms with Crippen LogP contribution in [0.15, 0.2) is 11.6 Å². The van der Waals surface area contributed by atoms with Crippen LogP contribution < -0.4 is 5.32 Å². The molecule has 0 amide bonds. The molecule has 0 radical (unpaired) electrons. The Hall–Kier alpha value is -0.340. The Kier molecular flexibility index (Phi) is 4.84. The highest BCUT2D eigenvalue weighted by Gasteiger charge is 2.59. The summed E-state index contributed by atoms with van der Waals surface area (Å²) in [7, 11) is 0. The Morgan fingerprint density at radius 3 is 2.55 bits per heavy atom. The molecule has 5 aliphatic rings. The van der Waals surface area contributed by atoms with Gasteiger partial charge in [0.2, 0.25) is 0 Å². The zero-order valence-corrected chi connectivity index (χ0v) is 19.6. The maximum Gasteiger partial charge on any atom is 0.0577 e. The second-order valence-corrected chi connectivity index (χ2v) is 12.9. The van der Waals surface area contributed by atoms with E-state index in [1.165, 1.54) is 51.4 Å². The van der Waals surface area contributed by atoms with Crippen molar-refractivity contribution in [2.45, 2.75) is 117 Å². The Morgan fingerprint density at radius 2 is 1.83 bits per heavy atom. The minimum absolute atomic E-state index is 0.0811. The number of aliphatic hydroxyl groups is 1. The van der Waals surface area contributed by atoms with Gasteiger partial charge < -0.3 is 10.4 Å². The third-order valence-electron chi connectivity index (χ3n) is 11.1. The fourth-order valence-corrected chi connectivity index (χ4v) is 9.09. The van der Waals surface area contributed by atoms with E-state index in [0.29, 0.717) is 16.4 Å². The molecule has 2 N–H and O–H groups in total. The third kappa shape index (κ3) is 3.18. The molecule has 4 fully saturated rings. The highest BCUT2D eigenvalue weighted by Crippen LogP contribution is 2.67. The molecule has 9 atom stereocenters. The van der Waals surface area contributed by atoms with E-state index in [2.05, 4.69) is 46.0 Å². The quantitative estimate of drug-likeness (QED) is 0.443. The van der Waals surface area contributed by atoms with Gasteiger partial charge in [0.15, 0.2) is 0 Å². The Balaban J connectivity index is 1.30. The van der Waals surface area contributed by atoms with E-state index in [9.17, 15) is 5.11 Å². The van der Waals surface area contributed by atoms with Crippen molar-refractivity contribution >= 4 is 0 Å². The predicted octanol–water partition coefficient (Wildman–Crippen LogP) is 6.09. The molecule has 0 aromatic heterocycles. The molecule has 1 aliphatic heterocycles. The summed E-state index contributed by atoms with van der Waals surface area (Å²) in [6.45, 7) is 12.5. The van der Waals surface area contributed by atoms with Gasteiger partial charge >= 0.3 is 0 Å². The van der Waals surface area contributed by atoms with Crippen LogP contribution in [0.4, 0.5) is 0 Å². The average Bonchev–Trinajstić information content (AvgIpc) is 3.11. The molecule has 1 unspecified atom stereocenters. The number of nitrogens with one attached hydrogen (secondary N) is 1. The molecule has 1 saturated heterocycles. The highest BCUT2D eigenvalue weighted by molar-refractivity contribution is 5.25. The Bertz CT molecular complexity index is 682. The summed E-state index contributed by atoms with van der Waals surface area (Å²) >= 11 is 0. The zero-order chi connectivity index (χ0) is 20.6. The van der Waals surface area contributed by atoms with Crippen molar-refractivity contribution in [3.05, 3.63) is 11.6 Å². The third-order valence-corrected chi connectivity index (χ3v) is 11.1. The number of fused-ring (bicyclic) bond motifs is 5. The summed E-state index contributed by atoms with van der Waals surface area (Å²) in [5.74, 6) is 4.51. The molecule has 164 valence electrons. The van der Waals surface area contributed by atoms with Crippen LogP contribution in [0, 0.1) is 40.4 Å². The molecule has 0 aromatic carbocycles. The van der Waals surface area contributed by atoms with Crippen LogP contribution in [-0.4, -0.2) is 22.8 Å². The summed E-state index contributed by atoms with van der Waals surface area (Å²) in [6, 6.07) is 0.759. The van der Waals surface area contributed by atoms with Gasteiger partial charge in [0.1, 0.15) is 0 Å².